The smallest absolute Gasteiger partial charge is 0.159 e. The molecule has 1 saturated carbocycles. The van der Waals surface area contributed by atoms with Crippen LogP contribution in [-0.2, 0) is 11.0 Å². The molecule has 0 amide bonds. The van der Waals surface area contributed by atoms with E-state index < -0.39 is 11.0 Å². The van der Waals surface area contributed by atoms with Gasteiger partial charge in [-0.2, -0.15) is 0 Å². The first-order valence-corrected chi connectivity index (χ1v) is 8.07. The molecular weight excluding hydrogens is 258 g/mol. The molecular formula is C15H19NO2S. The van der Waals surface area contributed by atoms with Crippen LogP contribution in [0, 0.1) is 5.92 Å². The molecule has 1 aromatic rings. The quantitative estimate of drug-likeness (QED) is 0.797. The Morgan fingerprint density at radius 3 is 2.63 bits per heavy atom. The summed E-state index contributed by atoms with van der Waals surface area (Å²) in [5.74, 6) is 0.801. The minimum Gasteiger partial charge on any atom is -0.295 e. The van der Waals surface area contributed by atoms with E-state index in [0.717, 1.165) is 17.4 Å². The highest BCUT2D eigenvalue weighted by Crippen LogP contribution is 2.39. The lowest BCUT2D eigenvalue weighted by atomic mass is 10.1. The second-order valence-corrected chi connectivity index (χ2v) is 6.96. The van der Waals surface area contributed by atoms with Crippen molar-refractivity contribution in [1.29, 1.82) is 0 Å². The molecule has 0 spiro atoms. The Hall–Kier alpha value is -1.00. The Morgan fingerprint density at radius 2 is 1.95 bits per heavy atom. The van der Waals surface area contributed by atoms with Gasteiger partial charge in [0.15, 0.2) is 5.78 Å². The molecule has 3 unspecified atom stereocenters. The summed E-state index contributed by atoms with van der Waals surface area (Å²) in [4.78, 5) is 12.1. The standard InChI is InChI=1S/C15H19NO2S/c1-11(17)12-5-7-14(8-6-12)19(18)16-10-9-13-3-2-4-15(13)16/h5-8,13,15H,2-4,9-10H2,1H3. The molecule has 0 bridgehead atoms. The van der Waals surface area contributed by atoms with Crippen molar-refractivity contribution in [3.63, 3.8) is 0 Å². The first kappa shape index (κ1) is 13.0. The third-order valence-corrected chi connectivity index (χ3v) is 5.94. The van der Waals surface area contributed by atoms with Gasteiger partial charge < -0.3 is 0 Å². The Morgan fingerprint density at radius 1 is 1.21 bits per heavy atom. The van der Waals surface area contributed by atoms with Gasteiger partial charge in [-0.25, -0.2) is 8.51 Å². The molecule has 1 aromatic carbocycles. The number of fused-ring (bicyclic) bond motifs is 1. The first-order chi connectivity index (χ1) is 9.16. The van der Waals surface area contributed by atoms with E-state index in [4.69, 9.17) is 0 Å². The van der Waals surface area contributed by atoms with Gasteiger partial charge in [0.1, 0.15) is 11.0 Å². The number of rotatable bonds is 3. The summed E-state index contributed by atoms with van der Waals surface area (Å²) in [5.41, 5.74) is 0.681. The monoisotopic (exact) mass is 277 g/mol. The van der Waals surface area contributed by atoms with E-state index in [1.165, 1.54) is 25.7 Å². The van der Waals surface area contributed by atoms with E-state index in [-0.39, 0.29) is 5.78 Å². The molecule has 1 heterocycles. The molecule has 3 atom stereocenters. The van der Waals surface area contributed by atoms with Gasteiger partial charge in [-0.3, -0.25) is 4.79 Å². The van der Waals surface area contributed by atoms with Crippen LogP contribution in [0.25, 0.3) is 0 Å². The highest BCUT2D eigenvalue weighted by atomic mass is 32.2. The van der Waals surface area contributed by atoms with Gasteiger partial charge in [-0.05, 0) is 44.2 Å². The lowest BCUT2D eigenvalue weighted by molar-refractivity contribution is 0.101. The van der Waals surface area contributed by atoms with Crippen molar-refractivity contribution < 1.29 is 9.00 Å². The topological polar surface area (TPSA) is 37.4 Å². The van der Waals surface area contributed by atoms with E-state index in [1.54, 1.807) is 19.1 Å². The summed E-state index contributed by atoms with van der Waals surface area (Å²) in [6.07, 6.45) is 4.93. The van der Waals surface area contributed by atoms with Gasteiger partial charge >= 0.3 is 0 Å². The first-order valence-electron chi connectivity index (χ1n) is 6.96. The number of benzene rings is 1. The predicted molar refractivity (Wildman–Crippen MR) is 75.3 cm³/mol. The maximum absolute atomic E-state index is 12.6. The molecule has 1 aliphatic heterocycles. The third kappa shape index (κ3) is 2.39. The fraction of sp³-hybridized carbons (Fsp3) is 0.533. The number of hydrogen-bond donors (Lipinski definition) is 0. The molecule has 2 fully saturated rings. The van der Waals surface area contributed by atoms with E-state index in [1.807, 2.05) is 12.1 Å². The van der Waals surface area contributed by atoms with E-state index >= 15 is 0 Å². The SMILES string of the molecule is CC(=O)c1ccc(S(=O)N2CCC3CCCC32)cc1. The fourth-order valence-corrected chi connectivity index (χ4v) is 4.77. The minimum absolute atomic E-state index is 0.0503. The number of ketones is 1. The van der Waals surface area contributed by atoms with Crippen LogP contribution in [0.3, 0.4) is 0 Å². The van der Waals surface area contributed by atoms with Gasteiger partial charge in [0.05, 0.1) is 4.90 Å². The number of Topliss-reactive ketones (excluding diaryl/α,β-unsaturated/α-hetero) is 1. The van der Waals surface area contributed by atoms with Crippen molar-refractivity contribution in [2.24, 2.45) is 5.92 Å². The lowest BCUT2D eigenvalue weighted by Gasteiger charge is -2.22. The molecule has 19 heavy (non-hydrogen) atoms. The maximum Gasteiger partial charge on any atom is 0.159 e. The highest BCUT2D eigenvalue weighted by molar-refractivity contribution is 7.82. The van der Waals surface area contributed by atoms with Crippen LogP contribution < -0.4 is 0 Å². The lowest BCUT2D eigenvalue weighted by Crippen LogP contribution is -2.31. The van der Waals surface area contributed by atoms with Gasteiger partial charge in [0.2, 0.25) is 0 Å². The predicted octanol–water partition coefficient (Wildman–Crippen LogP) is 2.79. The molecule has 3 rings (SSSR count). The zero-order valence-corrected chi connectivity index (χ0v) is 12.0. The summed E-state index contributed by atoms with van der Waals surface area (Å²) >= 11 is 0. The Kier molecular flexibility index (Phi) is 3.54. The highest BCUT2D eigenvalue weighted by Gasteiger charge is 2.40. The van der Waals surface area contributed by atoms with Gasteiger partial charge in [0.25, 0.3) is 0 Å². The molecule has 3 nitrogen and oxygen atoms in total. The molecule has 102 valence electrons. The number of carbonyl (C=O) groups excluding carboxylic acids is 1. The number of nitrogens with zero attached hydrogens (tertiary/aromatic N) is 1. The normalized spacial score (nSPS) is 28.3. The number of hydrogen-bond acceptors (Lipinski definition) is 2. The Labute approximate surface area is 116 Å². The van der Waals surface area contributed by atoms with Crippen molar-refractivity contribution in [3.8, 4) is 0 Å². The van der Waals surface area contributed by atoms with Crippen molar-refractivity contribution in [1.82, 2.24) is 4.31 Å². The van der Waals surface area contributed by atoms with Crippen LogP contribution >= 0.6 is 0 Å². The van der Waals surface area contributed by atoms with Crippen LogP contribution in [0.1, 0.15) is 43.0 Å². The average Bonchev–Trinajstić information content (AvgIpc) is 3.00. The largest absolute Gasteiger partial charge is 0.295 e. The summed E-state index contributed by atoms with van der Waals surface area (Å²) < 4.78 is 14.8. The summed E-state index contributed by atoms with van der Waals surface area (Å²) in [7, 11) is -1.07. The third-order valence-electron chi connectivity index (χ3n) is 4.38. The van der Waals surface area contributed by atoms with E-state index in [9.17, 15) is 9.00 Å². The Balaban J connectivity index is 1.78. The Bertz CT molecular complexity index is 511. The second kappa shape index (κ2) is 5.17. The zero-order chi connectivity index (χ0) is 13.4. The molecule has 0 aromatic heterocycles. The molecule has 2 aliphatic rings. The van der Waals surface area contributed by atoms with Crippen molar-refractivity contribution in [2.75, 3.05) is 6.54 Å². The van der Waals surface area contributed by atoms with E-state index in [0.29, 0.717) is 11.6 Å². The van der Waals surface area contributed by atoms with Gasteiger partial charge in [0, 0.05) is 18.2 Å². The molecule has 4 heteroatoms. The molecule has 0 N–H and O–H groups in total. The minimum atomic E-state index is -1.07. The maximum atomic E-state index is 12.6. The summed E-state index contributed by atoms with van der Waals surface area (Å²) in [6.45, 7) is 2.49. The van der Waals surface area contributed by atoms with Crippen molar-refractivity contribution in [3.05, 3.63) is 29.8 Å². The van der Waals surface area contributed by atoms with Crippen LogP contribution in [0.15, 0.2) is 29.2 Å². The van der Waals surface area contributed by atoms with Crippen molar-refractivity contribution in [2.45, 2.75) is 43.5 Å². The van der Waals surface area contributed by atoms with Gasteiger partial charge in [-0.1, -0.05) is 18.6 Å². The molecule has 0 radical (unpaired) electrons. The fourth-order valence-electron chi connectivity index (χ4n) is 3.34. The number of carbonyl (C=O) groups is 1. The molecule has 1 saturated heterocycles. The van der Waals surface area contributed by atoms with Crippen LogP contribution in [0.4, 0.5) is 0 Å². The van der Waals surface area contributed by atoms with Crippen LogP contribution in [0.2, 0.25) is 0 Å². The molecule has 1 aliphatic carbocycles. The van der Waals surface area contributed by atoms with Gasteiger partial charge in [-0.15, -0.1) is 0 Å². The average molecular weight is 277 g/mol. The summed E-state index contributed by atoms with van der Waals surface area (Å²) in [6, 6.07) is 7.72. The van der Waals surface area contributed by atoms with Crippen molar-refractivity contribution >= 4 is 16.8 Å². The second-order valence-electron chi connectivity index (χ2n) is 5.52. The zero-order valence-electron chi connectivity index (χ0n) is 11.2. The van der Waals surface area contributed by atoms with Crippen LogP contribution in [0.5, 0.6) is 0 Å². The summed E-state index contributed by atoms with van der Waals surface area (Å²) in [5, 5.41) is 0. The van der Waals surface area contributed by atoms with E-state index in [2.05, 4.69) is 4.31 Å². The van der Waals surface area contributed by atoms with Crippen LogP contribution in [-0.4, -0.2) is 26.9 Å².